The van der Waals surface area contributed by atoms with Gasteiger partial charge in [0.05, 0.1) is 5.56 Å². The van der Waals surface area contributed by atoms with Gasteiger partial charge in [0.1, 0.15) is 0 Å². The Morgan fingerprint density at radius 2 is 2.18 bits per heavy atom. The van der Waals surface area contributed by atoms with E-state index in [0.29, 0.717) is 25.1 Å². The summed E-state index contributed by atoms with van der Waals surface area (Å²) in [6.45, 7) is 5.26. The molecule has 3 nitrogen and oxygen atoms in total. The first-order chi connectivity index (χ1) is 8.10. The summed E-state index contributed by atoms with van der Waals surface area (Å²) in [6.07, 6.45) is 0.614. The SMILES string of the molecule is CCN(CCCO)C(=O)c1cc(C)ccc1Br. The van der Waals surface area contributed by atoms with Crippen LogP contribution in [0.1, 0.15) is 29.3 Å². The molecule has 1 N–H and O–H groups in total. The van der Waals surface area contributed by atoms with Crippen LogP contribution in [0.2, 0.25) is 0 Å². The Kier molecular flexibility index (Phi) is 5.65. The van der Waals surface area contributed by atoms with Gasteiger partial charge in [-0.25, -0.2) is 0 Å². The lowest BCUT2D eigenvalue weighted by Crippen LogP contribution is -2.32. The lowest BCUT2D eigenvalue weighted by molar-refractivity contribution is 0.0753. The second-order valence-corrected chi connectivity index (χ2v) is 4.80. The van der Waals surface area contributed by atoms with E-state index in [-0.39, 0.29) is 12.5 Å². The van der Waals surface area contributed by atoms with Crippen LogP contribution in [0, 0.1) is 6.92 Å². The van der Waals surface area contributed by atoms with Crippen molar-refractivity contribution in [3.8, 4) is 0 Å². The second-order valence-electron chi connectivity index (χ2n) is 3.95. The van der Waals surface area contributed by atoms with E-state index in [1.807, 2.05) is 32.0 Å². The van der Waals surface area contributed by atoms with Crippen LogP contribution in [-0.2, 0) is 0 Å². The standard InChI is InChI=1S/C13H18BrNO2/c1-3-15(7-4-8-16)13(17)11-9-10(2)5-6-12(11)14/h5-6,9,16H,3-4,7-8H2,1-2H3. The summed E-state index contributed by atoms with van der Waals surface area (Å²) >= 11 is 3.40. The molecule has 0 saturated heterocycles. The van der Waals surface area contributed by atoms with Gasteiger partial charge in [-0.1, -0.05) is 11.6 Å². The van der Waals surface area contributed by atoms with Gasteiger partial charge in [0.25, 0.3) is 5.91 Å². The molecule has 1 aromatic rings. The Labute approximate surface area is 111 Å². The maximum absolute atomic E-state index is 12.3. The van der Waals surface area contributed by atoms with Gasteiger partial charge in [0.2, 0.25) is 0 Å². The highest BCUT2D eigenvalue weighted by Gasteiger charge is 2.16. The van der Waals surface area contributed by atoms with Crippen molar-refractivity contribution in [3.63, 3.8) is 0 Å². The van der Waals surface area contributed by atoms with Crippen LogP contribution in [0.4, 0.5) is 0 Å². The van der Waals surface area contributed by atoms with Crippen LogP contribution in [-0.4, -0.2) is 35.6 Å². The van der Waals surface area contributed by atoms with Crippen molar-refractivity contribution >= 4 is 21.8 Å². The number of benzene rings is 1. The Balaban J connectivity index is 2.89. The third-order valence-corrected chi connectivity index (χ3v) is 3.30. The van der Waals surface area contributed by atoms with Crippen molar-refractivity contribution in [1.29, 1.82) is 0 Å². The number of hydrogen-bond acceptors (Lipinski definition) is 2. The van der Waals surface area contributed by atoms with Crippen molar-refractivity contribution in [1.82, 2.24) is 4.90 Å². The normalized spacial score (nSPS) is 10.4. The van der Waals surface area contributed by atoms with E-state index in [1.165, 1.54) is 0 Å². The fourth-order valence-corrected chi connectivity index (χ4v) is 2.05. The van der Waals surface area contributed by atoms with E-state index >= 15 is 0 Å². The number of aliphatic hydroxyl groups excluding tert-OH is 1. The van der Waals surface area contributed by atoms with Crippen LogP contribution in [0.25, 0.3) is 0 Å². The van der Waals surface area contributed by atoms with E-state index in [2.05, 4.69) is 15.9 Å². The molecule has 0 bridgehead atoms. The third kappa shape index (κ3) is 3.82. The molecule has 0 atom stereocenters. The summed E-state index contributed by atoms with van der Waals surface area (Å²) in [6, 6.07) is 5.74. The molecular formula is C13H18BrNO2. The van der Waals surface area contributed by atoms with E-state index < -0.39 is 0 Å². The number of rotatable bonds is 5. The number of carbonyl (C=O) groups is 1. The van der Waals surface area contributed by atoms with Gasteiger partial charge >= 0.3 is 0 Å². The molecule has 0 unspecified atom stereocenters. The molecule has 0 heterocycles. The first-order valence-electron chi connectivity index (χ1n) is 5.76. The highest BCUT2D eigenvalue weighted by molar-refractivity contribution is 9.10. The maximum Gasteiger partial charge on any atom is 0.254 e. The molecule has 17 heavy (non-hydrogen) atoms. The van der Waals surface area contributed by atoms with Crippen molar-refractivity contribution in [2.45, 2.75) is 20.3 Å². The van der Waals surface area contributed by atoms with E-state index in [0.717, 1.165) is 10.0 Å². The van der Waals surface area contributed by atoms with Crippen LogP contribution in [0.3, 0.4) is 0 Å². The number of amides is 1. The number of aryl methyl sites for hydroxylation is 1. The van der Waals surface area contributed by atoms with E-state index in [9.17, 15) is 4.79 Å². The maximum atomic E-state index is 12.3. The molecular weight excluding hydrogens is 282 g/mol. The zero-order chi connectivity index (χ0) is 12.8. The molecule has 1 rings (SSSR count). The van der Waals surface area contributed by atoms with Crippen LogP contribution in [0.5, 0.6) is 0 Å². The molecule has 94 valence electrons. The minimum atomic E-state index is 0.0107. The van der Waals surface area contributed by atoms with Crippen molar-refractivity contribution < 1.29 is 9.90 Å². The summed E-state index contributed by atoms with van der Waals surface area (Å²) in [5, 5.41) is 8.81. The lowest BCUT2D eigenvalue weighted by Gasteiger charge is -2.21. The zero-order valence-corrected chi connectivity index (χ0v) is 11.8. The Morgan fingerprint density at radius 3 is 2.76 bits per heavy atom. The molecule has 0 aliphatic carbocycles. The predicted octanol–water partition coefficient (Wildman–Crippen LogP) is 2.60. The molecule has 0 aliphatic rings. The first kappa shape index (κ1) is 14.2. The van der Waals surface area contributed by atoms with Gasteiger partial charge in [0, 0.05) is 24.2 Å². The summed E-state index contributed by atoms with van der Waals surface area (Å²) in [7, 11) is 0. The highest BCUT2D eigenvalue weighted by Crippen LogP contribution is 2.20. The molecule has 0 aromatic heterocycles. The Hall–Kier alpha value is -0.870. The van der Waals surface area contributed by atoms with Gasteiger partial charge in [-0.2, -0.15) is 0 Å². The fourth-order valence-electron chi connectivity index (χ4n) is 1.64. The largest absolute Gasteiger partial charge is 0.396 e. The zero-order valence-electron chi connectivity index (χ0n) is 10.2. The minimum Gasteiger partial charge on any atom is -0.396 e. The molecule has 1 aromatic carbocycles. The lowest BCUT2D eigenvalue weighted by atomic mass is 10.1. The Bertz CT molecular complexity index is 393. The molecule has 0 radical (unpaired) electrons. The van der Waals surface area contributed by atoms with Gasteiger partial charge in [-0.05, 0) is 48.3 Å². The molecule has 4 heteroatoms. The van der Waals surface area contributed by atoms with Gasteiger partial charge in [-0.3, -0.25) is 4.79 Å². The van der Waals surface area contributed by atoms with Crippen LogP contribution >= 0.6 is 15.9 Å². The average Bonchev–Trinajstić information content (AvgIpc) is 2.33. The monoisotopic (exact) mass is 299 g/mol. The quantitative estimate of drug-likeness (QED) is 0.908. The Morgan fingerprint density at radius 1 is 1.47 bits per heavy atom. The van der Waals surface area contributed by atoms with Crippen molar-refractivity contribution in [2.24, 2.45) is 0 Å². The predicted molar refractivity (Wildman–Crippen MR) is 72.2 cm³/mol. The summed E-state index contributed by atoms with van der Waals surface area (Å²) in [5.74, 6) is 0.0107. The van der Waals surface area contributed by atoms with Crippen LogP contribution < -0.4 is 0 Å². The summed E-state index contributed by atoms with van der Waals surface area (Å²) < 4.78 is 0.815. The molecule has 0 saturated carbocycles. The molecule has 0 fully saturated rings. The number of hydrogen-bond donors (Lipinski definition) is 1. The van der Waals surface area contributed by atoms with Crippen molar-refractivity contribution in [3.05, 3.63) is 33.8 Å². The van der Waals surface area contributed by atoms with Gasteiger partial charge < -0.3 is 10.0 Å². The van der Waals surface area contributed by atoms with Crippen LogP contribution in [0.15, 0.2) is 22.7 Å². The van der Waals surface area contributed by atoms with E-state index in [4.69, 9.17) is 5.11 Å². The number of halogens is 1. The first-order valence-corrected chi connectivity index (χ1v) is 6.55. The molecule has 0 aliphatic heterocycles. The minimum absolute atomic E-state index is 0.0107. The summed E-state index contributed by atoms with van der Waals surface area (Å²) in [5.41, 5.74) is 1.75. The fraction of sp³-hybridized carbons (Fsp3) is 0.462. The number of carbonyl (C=O) groups excluding carboxylic acids is 1. The van der Waals surface area contributed by atoms with E-state index in [1.54, 1.807) is 4.90 Å². The molecule has 1 amide bonds. The van der Waals surface area contributed by atoms with Gasteiger partial charge in [0.15, 0.2) is 0 Å². The second kappa shape index (κ2) is 6.77. The smallest absolute Gasteiger partial charge is 0.254 e. The highest BCUT2D eigenvalue weighted by atomic mass is 79.9. The summed E-state index contributed by atoms with van der Waals surface area (Å²) in [4.78, 5) is 14.0. The number of aliphatic hydroxyl groups is 1. The topological polar surface area (TPSA) is 40.5 Å². The van der Waals surface area contributed by atoms with Gasteiger partial charge in [-0.15, -0.1) is 0 Å². The van der Waals surface area contributed by atoms with Crippen molar-refractivity contribution in [2.75, 3.05) is 19.7 Å². The molecule has 0 spiro atoms. The number of nitrogens with zero attached hydrogens (tertiary/aromatic N) is 1. The third-order valence-electron chi connectivity index (χ3n) is 2.61. The average molecular weight is 300 g/mol.